The number of hydrogen-bond donors (Lipinski definition) is 1. The van der Waals surface area contributed by atoms with Crippen LogP contribution in [0.15, 0.2) is 36.4 Å². The summed E-state index contributed by atoms with van der Waals surface area (Å²) in [5.74, 6) is -0.540. The second kappa shape index (κ2) is 8.39. The topological polar surface area (TPSA) is 67.9 Å². The summed E-state index contributed by atoms with van der Waals surface area (Å²) in [6.07, 6.45) is 0.549. The number of fused-ring (bicyclic) bond motifs is 1. The zero-order valence-corrected chi connectivity index (χ0v) is 16.4. The summed E-state index contributed by atoms with van der Waals surface area (Å²) in [4.78, 5) is 26.4. The minimum atomic E-state index is -0.454. The molecule has 0 aliphatic carbocycles. The second-order valence-electron chi connectivity index (χ2n) is 7.06. The molecule has 0 unspecified atom stereocenters. The molecule has 1 N–H and O–H groups in total. The number of carbonyl (C=O) groups excluding carboxylic acids is 2. The molecule has 1 saturated heterocycles. The molecule has 0 spiro atoms. The van der Waals surface area contributed by atoms with Gasteiger partial charge >= 0.3 is 0 Å². The fourth-order valence-electron chi connectivity index (χ4n) is 3.69. The second-order valence-corrected chi connectivity index (χ2v) is 7.47. The normalized spacial score (nSPS) is 18.3. The molecule has 2 heterocycles. The van der Waals surface area contributed by atoms with Gasteiger partial charge in [-0.2, -0.15) is 0 Å². The summed E-state index contributed by atoms with van der Waals surface area (Å²) < 4.78 is 24.5. The third-order valence-corrected chi connectivity index (χ3v) is 5.40. The van der Waals surface area contributed by atoms with Gasteiger partial charge in [-0.1, -0.05) is 23.7 Å². The van der Waals surface area contributed by atoms with Gasteiger partial charge in [0, 0.05) is 25.1 Å². The van der Waals surface area contributed by atoms with Crippen LogP contribution in [0.25, 0.3) is 0 Å². The van der Waals surface area contributed by atoms with Crippen LogP contribution in [0, 0.1) is 11.7 Å². The molecular weight excluding hydrogens is 399 g/mol. The predicted molar refractivity (Wildman–Crippen MR) is 105 cm³/mol. The maximum atomic E-state index is 13.8. The van der Waals surface area contributed by atoms with Crippen molar-refractivity contribution in [3.8, 4) is 5.75 Å². The van der Waals surface area contributed by atoms with Crippen LogP contribution in [-0.2, 0) is 27.4 Å². The summed E-state index contributed by atoms with van der Waals surface area (Å²) in [5.41, 5.74) is 1.96. The first-order valence-electron chi connectivity index (χ1n) is 9.37. The highest BCUT2D eigenvalue weighted by Gasteiger charge is 2.35. The van der Waals surface area contributed by atoms with Crippen molar-refractivity contribution >= 4 is 29.1 Å². The Morgan fingerprint density at radius 3 is 2.97 bits per heavy atom. The van der Waals surface area contributed by atoms with Crippen molar-refractivity contribution in [3.63, 3.8) is 0 Å². The van der Waals surface area contributed by atoms with Crippen molar-refractivity contribution < 1.29 is 23.5 Å². The first-order chi connectivity index (χ1) is 14.0. The Balaban J connectivity index is 1.36. The molecule has 8 heteroatoms. The molecule has 0 bridgehead atoms. The van der Waals surface area contributed by atoms with Gasteiger partial charge in [-0.15, -0.1) is 0 Å². The van der Waals surface area contributed by atoms with Crippen LogP contribution in [0.4, 0.5) is 10.1 Å². The van der Waals surface area contributed by atoms with Gasteiger partial charge in [0.2, 0.25) is 11.8 Å². The highest BCUT2D eigenvalue weighted by atomic mass is 35.5. The Bertz CT molecular complexity index is 952. The van der Waals surface area contributed by atoms with E-state index in [2.05, 4.69) is 5.32 Å². The molecular formula is C21H20ClFN2O4. The van der Waals surface area contributed by atoms with E-state index in [1.165, 1.54) is 12.1 Å². The van der Waals surface area contributed by atoms with Gasteiger partial charge in [-0.25, -0.2) is 4.39 Å². The van der Waals surface area contributed by atoms with E-state index in [1.54, 1.807) is 29.2 Å². The zero-order chi connectivity index (χ0) is 20.4. The molecule has 29 heavy (non-hydrogen) atoms. The number of nitrogens with one attached hydrogen (secondary N) is 1. The van der Waals surface area contributed by atoms with Crippen LogP contribution in [0.1, 0.15) is 17.5 Å². The minimum absolute atomic E-state index is 0.125. The average Bonchev–Trinajstić information content (AvgIpc) is 3.09. The summed E-state index contributed by atoms with van der Waals surface area (Å²) in [6.45, 7) is 1.02. The lowest BCUT2D eigenvalue weighted by atomic mass is 10.0. The number of carbonyl (C=O) groups is 2. The molecule has 2 aliphatic rings. The molecule has 6 nitrogen and oxygen atoms in total. The van der Waals surface area contributed by atoms with E-state index in [1.807, 2.05) is 0 Å². The number of para-hydroxylation sites is 1. The van der Waals surface area contributed by atoms with Gasteiger partial charge in [0.1, 0.15) is 11.6 Å². The summed E-state index contributed by atoms with van der Waals surface area (Å²) in [7, 11) is 0. The molecule has 0 radical (unpaired) electrons. The third kappa shape index (κ3) is 4.21. The molecule has 2 aromatic rings. The molecule has 2 aromatic carbocycles. The van der Waals surface area contributed by atoms with Gasteiger partial charge in [-0.05, 0) is 36.2 Å². The van der Waals surface area contributed by atoms with E-state index in [0.717, 1.165) is 0 Å². The summed E-state index contributed by atoms with van der Waals surface area (Å²) in [5, 5.41) is 3.32. The Morgan fingerprint density at radius 1 is 1.31 bits per heavy atom. The molecule has 0 saturated carbocycles. The molecule has 152 valence electrons. The minimum Gasteiger partial charge on any atom is -0.467 e. The largest absolute Gasteiger partial charge is 0.467 e. The number of benzene rings is 2. The number of hydrogen-bond acceptors (Lipinski definition) is 4. The molecule has 0 aromatic heterocycles. The van der Waals surface area contributed by atoms with E-state index in [4.69, 9.17) is 21.1 Å². The standard InChI is InChI=1S/C21H20ClFN2O4/c22-17-3-1-2-4-18(17)25-10-14(9-19(25)26)21(27)24-6-5-13-7-16(23)8-15-11-28-12-29-20(13)15/h1-4,7-8,14H,5-6,9-12H2,(H,24,27)/t14-/m1/s1. The number of nitrogens with zero attached hydrogens (tertiary/aromatic N) is 1. The number of ether oxygens (including phenoxy) is 2. The van der Waals surface area contributed by atoms with Crippen LogP contribution in [0.2, 0.25) is 5.02 Å². The smallest absolute Gasteiger partial charge is 0.227 e. The van der Waals surface area contributed by atoms with Crippen LogP contribution in [0.5, 0.6) is 5.75 Å². The van der Waals surface area contributed by atoms with Crippen molar-refractivity contribution in [1.29, 1.82) is 0 Å². The number of amides is 2. The monoisotopic (exact) mass is 418 g/mol. The van der Waals surface area contributed by atoms with Crippen LogP contribution in [-0.4, -0.2) is 31.7 Å². The van der Waals surface area contributed by atoms with Gasteiger partial charge < -0.3 is 19.7 Å². The van der Waals surface area contributed by atoms with Gasteiger partial charge in [0.05, 0.1) is 23.2 Å². The zero-order valence-electron chi connectivity index (χ0n) is 15.6. The molecule has 4 rings (SSSR count). The Morgan fingerprint density at radius 2 is 2.14 bits per heavy atom. The first-order valence-corrected chi connectivity index (χ1v) is 9.75. The Hall–Kier alpha value is -2.64. The summed E-state index contributed by atoms with van der Waals surface area (Å²) in [6, 6.07) is 9.87. The molecule has 1 atom stereocenters. The van der Waals surface area contributed by atoms with Crippen molar-refractivity contribution in [2.24, 2.45) is 5.92 Å². The first kappa shape index (κ1) is 19.7. The van der Waals surface area contributed by atoms with Gasteiger partial charge in [0.25, 0.3) is 0 Å². The predicted octanol–water partition coefficient (Wildman–Crippen LogP) is 3.06. The Kier molecular flexibility index (Phi) is 5.69. The third-order valence-electron chi connectivity index (χ3n) is 5.08. The van der Waals surface area contributed by atoms with E-state index >= 15 is 0 Å². The maximum absolute atomic E-state index is 13.8. The number of rotatable bonds is 5. The lowest BCUT2D eigenvalue weighted by Gasteiger charge is -2.21. The lowest BCUT2D eigenvalue weighted by molar-refractivity contribution is -0.126. The number of anilines is 1. The van der Waals surface area contributed by atoms with E-state index in [-0.39, 0.29) is 37.4 Å². The van der Waals surface area contributed by atoms with E-state index < -0.39 is 5.92 Å². The van der Waals surface area contributed by atoms with Crippen molar-refractivity contribution in [3.05, 3.63) is 58.4 Å². The van der Waals surface area contributed by atoms with Gasteiger partial charge in [-0.3, -0.25) is 9.59 Å². The average molecular weight is 419 g/mol. The highest BCUT2D eigenvalue weighted by Crippen LogP contribution is 2.31. The Labute approximate surface area is 172 Å². The van der Waals surface area contributed by atoms with Crippen LogP contribution in [0.3, 0.4) is 0 Å². The van der Waals surface area contributed by atoms with E-state index in [0.29, 0.717) is 47.2 Å². The highest BCUT2D eigenvalue weighted by molar-refractivity contribution is 6.33. The maximum Gasteiger partial charge on any atom is 0.227 e. The molecule has 2 aliphatic heterocycles. The lowest BCUT2D eigenvalue weighted by Crippen LogP contribution is -2.34. The van der Waals surface area contributed by atoms with Crippen LogP contribution >= 0.6 is 11.6 Å². The van der Waals surface area contributed by atoms with E-state index in [9.17, 15) is 14.0 Å². The fourth-order valence-corrected chi connectivity index (χ4v) is 3.93. The number of halogens is 2. The van der Waals surface area contributed by atoms with Crippen molar-refractivity contribution in [1.82, 2.24) is 5.32 Å². The quantitative estimate of drug-likeness (QED) is 0.810. The fraction of sp³-hybridized carbons (Fsp3) is 0.333. The van der Waals surface area contributed by atoms with Crippen molar-refractivity contribution in [2.75, 3.05) is 24.8 Å². The molecule has 2 amide bonds. The SMILES string of the molecule is O=C(NCCc1cc(F)cc2c1OCOC2)[C@@H]1CC(=O)N(c2ccccc2Cl)C1. The summed E-state index contributed by atoms with van der Waals surface area (Å²) >= 11 is 6.17. The molecule has 1 fully saturated rings. The van der Waals surface area contributed by atoms with Crippen LogP contribution < -0.4 is 15.0 Å². The van der Waals surface area contributed by atoms with Crippen molar-refractivity contribution in [2.45, 2.75) is 19.4 Å². The van der Waals surface area contributed by atoms with Gasteiger partial charge in [0.15, 0.2) is 6.79 Å².